The first-order valence-electron chi connectivity index (χ1n) is 9.76. The Hall–Kier alpha value is -2.37. The van der Waals surface area contributed by atoms with Gasteiger partial charge < -0.3 is 20.6 Å². The number of fused-ring (bicyclic) bond motifs is 1. The Morgan fingerprint density at radius 2 is 1.96 bits per heavy atom. The topological polar surface area (TPSA) is 64.6 Å². The molecule has 0 unspecified atom stereocenters. The van der Waals surface area contributed by atoms with Crippen molar-refractivity contribution in [1.29, 1.82) is 0 Å². The van der Waals surface area contributed by atoms with Crippen LogP contribution in [-0.4, -0.2) is 48.3 Å². The lowest BCUT2D eigenvalue weighted by atomic mass is 9.71. The highest BCUT2D eigenvalue weighted by Crippen LogP contribution is 2.37. The molecule has 2 aliphatic heterocycles. The van der Waals surface area contributed by atoms with Crippen LogP contribution in [0.25, 0.3) is 11.1 Å². The minimum Gasteiger partial charge on any atom is -0.396 e. The highest BCUT2D eigenvalue weighted by atomic mass is 16.3. The fourth-order valence-electron chi connectivity index (χ4n) is 4.52. The highest BCUT2D eigenvalue weighted by molar-refractivity contribution is 5.94. The van der Waals surface area contributed by atoms with Crippen LogP contribution in [-0.2, 0) is 0 Å². The zero-order valence-corrected chi connectivity index (χ0v) is 15.5. The molecule has 5 heteroatoms. The molecular formula is C22H27N3O2. The molecule has 0 bridgehead atoms. The van der Waals surface area contributed by atoms with Gasteiger partial charge in [-0.1, -0.05) is 48.5 Å². The Bertz CT molecular complexity index is 795. The van der Waals surface area contributed by atoms with Crippen LogP contribution in [0.2, 0.25) is 0 Å². The summed E-state index contributed by atoms with van der Waals surface area (Å²) < 4.78 is 0. The Morgan fingerprint density at radius 3 is 2.78 bits per heavy atom. The molecular weight excluding hydrogens is 338 g/mol. The summed E-state index contributed by atoms with van der Waals surface area (Å²) in [4.78, 5) is 14.9. The molecule has 0 aromatic heterocycles. The predicted octanol–water partition coefficient (Wildman–Crippen LogP) is 3.32. The molecule has 2 saturated heterocycles. The number of likely N-dealkylation sites (tertiary alicyclic amines) is 1. The minimum absolute atomic E-state index is 0.0878. The number of nitrogens with one attached hydrogen (secondary N) is 2. The van der Waals surface area contributed by atoms with Crippen molar-refractivity contribution < 1.29 is 9.90 Å². The van der Waals surface area contributed by atoms with E-state index >= 15 is 0 Å². The number of carbonyl (C=O) groups excluding carboxylic acids is 1. The molecule has 2 fully saturated rings. The van der Waals surface area contributed by atoms with E-state index in [4.69, 9.17) is 0 Å². The average Bonchev–Trinajstić information content (AvgIpc) is 2.74. The Labute approximate surface area is 160 Å². The predicted molar refractivity (Wildman–Crippen MR) is 108 cm³/mol. The number of rotatable bonds is 3. The molecule has 2 heterocycles. The van der Waals surface area contributed by atoms with Crippen LogP contribution < -0.4 is 10.6 Å². The highest BCUT2D eigenvalue weighted by Gasteiger charge is 2.45. The smallest absolute Gasteiger partial charge is 0.321 e. The summed E-state index contributed by atoms with van der Waals surface area (Å²) in [6.07, 6.45) is 2.89. The second kappa shape index (κ2) is 7.71. The van der Waals surface area contributed by atoms with Crippen molar-refractivity contribution >= 4 is 11.7 Å². The molecule has 3 N–H and O–H groups in total. The molecule has 2 aromatic rings. The van der Waals surface area contributed by atoms with Gasteiger partial charge in [0, 0.05) is 30.1 Å². The maximum absolute atomic E-state index is 13.0. The molecule has 2 atom stereocenters. The van der Waals surface area contributed by atoms with Gasteiger partial charge in [0.15, 0.2) is 0 Å². The first-order chi connectivity index (χ1) is 13.2. The first kappa shape index (κ1) is 18.0. The monoisotopic (exact) mass is 365 g/mol. The van der Waals surface area contributed by atoms with Gasteiger partial charge in [0.1, 0.15) is 0 Å². The number of hydrogen-bond acceptors (Lipinski definition) is 3. The molecule has 142 valence electrons. The van der Waals surface area contributed by atoms with Gasteiger partial charge in [0.05, 0.1) is 12.3 Å². The van der Waals surface area contributed by atoms with E-state index in [0.717, 1.165) is 42.6 Å². The zero-order chi connectivity index (χ0) is 18.7. The van der Waals surface area contributed by atoms with Gasteiger partial charge in [-0.15, -0.1) is 0 Å². The third-order valence-electron chi connectivity index (χ3n) is 6.03. The van der Waals surface area contributed by atoms with Crippen molar-refractivity contribution in [1.82, 2.24) is 10.2 Å². The lowest BCUT2D eigenvalue weighted by Gasteiger charge is -2.50. The third-order valence-corrected chi connectivity index (χ3v) is 6.03. The van der Waals surface area contributed by atoms with E-state index in [1.807, 2.05) is 59.5 Å². The van der Waals surface area contributed by atoms with E-state index in [2.05, 4.69) is 10.6 Å². The summed E-state index contributed by atoms with van der Waals surface area (Å²) >= 11 is 0. The summed E-state index contributed by atoms with van der Waals surface area (Å²) in [5.74, 6) is 0. The number of urea groups is 1. The van der Waals surface area contributed by atoms with Gasteiger partial charge in [-0.25, -0.2) is 4.79 Å². The summed E-state index contributed by atoms with van der Waals surface area (Å²) in [5, 5.41) is 16.7. The number of para-hydroxylation sites is 1. The summed E-state index contributed by atoms with van der Waals surface area (Å²) in [6, 6.07) is 18.2. The van der Waals surface area contributed by atoms with E-state index < -0.39 is 0 Å². The maximum atomic E-state index is 13.0. The van der Waals surface area contributed by atoms with Gasteiger partial charge in [-0.2, -0.15) is 0 Å². The van der Waals surface area contributed by atoms with E-state index in [1.165, 1.54) is 0 Å². The number of hydrogen-bond donors (Lipinski definition) is 3. The molecule has 0 spiro atoms. The van der Waals surface area contributed by atoms with Crippen molar-refractivity contribution in [3.05, 3.63) is 54.6 Å². The Kier molecular flexibility index (Phi) is 5.14. The Morgan fingerprint density at radius 1 is 1.19 bits per heavy atom. The van der Waals surface area contributed by atoms with Crippen molar-refractivity contribution in [2.24, 2.45) is 5.41 Å². The van der Waals surface area contributed by atoms with Crippen molar-refractivity contribution in [3.63, 3.8) is 0 Å². The molecule has 5 nitrogen and oxygen atoms in total. The number of anilines is 1. The van der Waals surface area contributed by atoms with Crippen LogP contribution >= 0.6 is 0 Å². The van der Waals surface area contributed by atoms with Gasteiger partial charge in [-0.3, -0.25) is 0 Å². The molecule has 4 rings (SSSR count). The quantitative estimate of drug-likeness (QED) is 0.782. The van der Waals surface area contributed by atoms with E-state index in [0.29, 0.717) is 19.1 Å². The summed E-state index contributed by atoms with van der Waals surface area (Å²) in [5.41, 5.74) is 2.69. The Balaban J connectivity index is 1.52. The summed E-state index contributed by atoms with van der Waals surface area (Å²) in [7, 11) is 0. The number of piperidine rings is 2. The van der Waals surface area contributed by atoms with Crippen LogP contribution in [0.4, 0.5) is 10.5 Å². The molecule has 0 aliphatic carbocycles. The normalized spacial score (nSPS) is 24.9. The number of benzene rings is 2. The second-order valence-corrected chi connectivity index (χ2v) is 7.68. The largest absolute Gasteiger partial charge is 0.396 e. The maximum Gasteiger partial charge on any atom is 0.321 e. The first-order valence-corrected chi connectivity index (χ1v) is 9.76. The zero-order valence-electron chi connectivity index (χ0n) is 15.5. The van der Waals surface area contributed by atoms with E-state index in [-0.39, 0.29) is 18.1 Å². The molecule has 2 amide bonds. The van der Waals surface area contributed by atoms with Crippen LogP contribution in [0.5, 0.6) is 0 Å². The van der Waals surface area contributed by atoms with Gasteiger partial charge in [-0.05, 0) is 37.4 Å². The molecule has 0 radical (unpaired) electrons. The minimum atomic E-state index is -0.215. The molecule has 27 heavy (non-hydrogen) atoms. The number of aliphatic hydroxyl groups is 1. The van der Waals surface area contributed by atoms with Crippen molar-refractivity contribution in [2.45, 2.75) is 25.3 Å². The second-order valence-electron chi connectivity index (χ2n) is 7.68. The standard InChI is InChI=1S/C22H27N3O2/c26-16-22-12-6-13-23-20(22)11-14-25(15-22)21(27)24-19-10-5-4-9-18(19)17-7-2-1-3-8-17/h1-5,7-10,20,23,26H,6,11-16H2,(H,24,27)/t20-,22-/m1/s1. The van der Waals surface area contributed by atoms with Crippen LogP contribution in [0.1, 0.15) is 19.3 Å². The van der Waals surface area contributed by atoms with Crippen LogP contribution in [0, 0.1) is 5.41 Å². The van der Waals surface area contributed by atoms with Gasteiger partial charge in [0.25, 0.3) is 0 Å². The van der Waals surface area contributed by atoms with Crippen molar-refractivity contribution in [2.75, 3.05) is 31.6 Å². The molecule has 2 aliphatic rings. The lowest BCUT2D eigenvalue weighted by Crippen LogP contribution is -2.62. The lowest BCUT2D eigenvalue weighted by molar-refractivity contribution is -0.00436. The van der Waals surface area contributed by atoms with E-state index in [9.17, 15) is 9.90 Å². The van der Waals surface area contributed by atoms with Gasteiger partial charge >= 0.3 is 6.03 Å². The fourth-order valence-corrected chi connectivity index (χ4v) is 4.52. The SMILES string of the molecule is O=C(Nc1ccccc1-c1ccccc1)N1CC[C@H]2NCCC[C@]2(CO)C1. The van der Waals surface area contributed by atoms with E-state index in [1.54, 1.807) is 0 Å². The molecule has 2 aromatic carbocycles. The van der Waals surface area contributed by atoms with Crippen LogP contribution in [0.3, 0.4) is 0 Å². The number of nitrogens with zero attached hydrogens (tertiary/aromatic N) is 1. The van der Waals surface area contributed by atoms with Crippen molar-refractivity contribution in [3.8, 4) is 11.1 Å². The average molecular weight is 365 g/mol. The fraction of sp³-hybridized carbons (Fsp3) is 0.409. The number of aliphatic hydroxyl groups excluding tert-OH is 1. The summed E-state index contributed by atoms with van der Waals surface area (Å²) in [6.45, 7) is 2.43. The molecule has 0 saturated carbocycles. The number of carbonyl (C=O) groups is 1. The van der Waals surface area contributed by atoms with Gasteiger partial charge in [0.2, 0.25) is 0 Å². The number of amides is 2. The van der Waals surface area contributed by atoms with Crippen LogP contribution in [0.15, 0.2) is 54.6 Å². The third kappa shape index (κ3) is 3.57.